The lowest BCUT2D eigenvalue weighted by atomic mass is 9.89. The largest absolute Gasteiger partial charge is 0.497 e. The summed E-state index contributed by atoms with van der Waals surface area (Å²) in [6.07, 6.45) is 0.724. The van der Waals surface area contributed by atoms with Gasteiger partial charge in [0.2, 0.25) is 10.0 Å². The SMILES string of the molecule is CCS(=O)(=O)N1CCc2ccc(OC)cc2C1c1ccccc1. The van der Waals surface area contributed by atoms with E-state index in [4.69, 9.17) is 4.74 Å². The Hall–Kier alpha value is -1.85. The second-order valence-corrected chi connectivity index (χ2v) is 7.85. The molecule has 0 bridgehead atoms. The van der Waals surface area contributed by atoms with Gasteiger partial charge >= 0.3 is 0 Å². The number of hydrogen-bond acceptors (Lipinski definition) is 3. The molecule has 1 atom stereocenters. The van der Waals surface area contributed by atoms with E-state index < -0.39 is 10.0 Å². The number of ether oxygens (including phenoxy) is 1. The summed E-state index contributed by atoms with van der Waals surface area (Å²) in [4.78, 5) is 0. The molecule has 0 saturated heterocycles. The quantitative estimate of drug-likeness (QED) is 0.865. The Morgan fingerprint density at radius 2 is 1.91 bits per heavy atom. The highest BCUT2D eigenvalue weighted by atomic mass is 32.2. The number of nitrogens with zero attached hydrogens (tertiary/aromatic N) is 1. The van der Waals surface area contributed by atoms with Gasteiger partial charge in [0, 0.05) is 6.54 Å². The maximum absolute atomic E-state index is 12.6. The van der Waals surface area contributed by atoms with E-state index in [1.165, 1.54) is 5.56 Å². The molecule has 0 aliphatic carbocycles. The Morgan fingerprint density at radius 3 is 2.57 bits per heavy atom. The molecular formula is C18H21NO3S. The van der Waals surface area contributed by atoms with Gasteiger partial charge in [0.25, 0.3) is 0 Å². The van der Waals surface area contributed by atoms with E-state index in [0.29, 0.717) is 6.54 Å². The smallest absolute Gasteiger partial charge is 0.214 e. The predicted octanol–water partition coefficient (Wildman–Crippen LogP) is 2.99. The Morgan fingerprint density at radius 1 is 1.17 bits per heavy atom. The van der Waals surface area contributed by atoms with Crippen molar-refractivity contribution in [3.8, 4) is 5.75 Å². The van der Waals surface area contributed by atoms with Gasteiger partial charge in [-0.25, -0.2) is 8.42 Å². The Bertz CT molecular complexity index is 787. The summed E-state index contributed by atoms with van der Waals surface area (Å²) in [5.41, 5.74) is 3.18. The highest BCUT2D eigenvalue weighted by Gasteiger charge is 2.35. The second-order valence-electron chi connectivity index (χ2n) is 5.64. The van der Waals surface area contributed by atoms with Crippen molar-refractivity contribution < 1.29 is 13.2 Å². The summed E-state index contributed by atoms with van der Waals surface area (Å²) < 4.78 is 32.2. The summed E-state index contributed by atoms with van der Waals surface area (Å²) in [5.74, 6) is 0.857. The van der Waals surface area contributed by atoms with Gasteiger partial charge in [-0.2, -0.15) is 4.31 Å². The van der Waals surface area contributed by atoms with Gasteiger partial charge < -0.3 is 4.74 Å². The standard InChI is InChI=1S/C18H21NO3S/c1-3-23(20,21)19-12-11-14-9-10-16(22-2)13-17(14)18(19)15-7-5-4-6-8-15/h4-10,13,18H,3,11-12H2,1-2H3. The zero-order chi connectivity index (χ0) is 16.4. The molecule has 0 radical (unpaired) electrons. The Balaban J connectivity index is 2.18. The molecule has 122 valence electrons. The number of methoxy groups -OCH3 is 1. The third-order valence-corrected chi connectivity index (χ3v) is 6.21. The second kappa shape index (κ2) is 6.34. The van der Waals surface area contributed by atoms with Crippen molar-refractivity contribution in [3.63, 3.8) is 0 Å². The highest BCUT2D eigenvalue weighted by molar-refractivity contribution is 7.89. The maximum Gasteiger partial charge on any atom is 0.214 e. The molecule has 0 amide bonds. The van der Waals surface area contributed by atoms with Gasteiger partial charge in [-0.05, 0) is 42.2 Å². The van der Waals surface area contributed by atoms with E-state index in [2.05, 4.69) is 0 Å². The third kappa shape index (κ3) is 2.99. The van der Waals surface area contributed by atoms with E-state index in [9.17, 15) is 8.42 Å². The fraction of sp³-hybridized carbons (Fsp3) is 0.333. The summed E-state index contributed by atoms with van der Waals surface area (Å²) in [6, 6.07) is 15.4. The molecule has 2 aromatic rings. The molecule has 2 aromatic carbocycles. The predicted molar refractivity (Wildman–Crippen MR) is 91.1 cm³/mol. The van der Waals surface area contributed by atoms with Crippen molar-refractivity contribution >= 4 is 10.0 Å². The van der Waals surface area contributed by atoms with Crippen LogP contribution in [-0.4, -0.2) is 32.1 Å². The molecular weight excluding hydrogens is 310 g/mol. The Labute approximate surface area is 137 Å². The maximum atomic E-state index is 12.6. The average Bonchev–Trinajstić information content (AvgIpc) is 2.60. The van der Waals surface area contributed by atoms with Crippen LogP contribution in [0.3, 0.4) is 0 Å². The van der Waals surface area contributed by atoms with Crippen LogP contribution in [0.2, 0.25) is 0 Å². The van der Waals surface area contributed by atoms with Crippen molar-refractivity contribution in [2.24, 2.45) is 0 Å². The molecule has 5 heteroatoms. The molecule has 0 fully saturated rings. The highest BCUT2D eigenvalue weighted by Crippen LogP contribution is 2.38. The lowest BCUT2D eigenvalue weighted by molar-refractivity contribution is 0.342. The number of benzene rings is 2. The molecule has 1 unspecified atom stereocenters. The van der Waals surface area contributed by atoms with Crippen molar-refractivity contribution in [2.45, 2.75) is 19.4 Å². The minimum atomic E-state index is -3.29. The van der Waals surface area contributed by atoms with Crippen LogP contribution in [0, 0.1) is 0 Å². The van der Waals surface area contributed by atoms with Crippen LogP contribution in [-0.2, 0) is 16.4 Å². The molecule has 0 saturated carbocycles. The van der Waals surface area contributed by atoms with Crippen molar-refractivity contribution in [2.75, 3.05) is 19.4 Å². The first-order valence-electron chi connectivity index (χ1n) is 7.78. The number of hydrogen-bond donors (Lipinski definition) is 0. The Kier molecular flexibility index (Phi) is 4.41. The van der Waals surface area contributed by atoms with E-state index in [1.54, 1.807) is 18.3 Å². The van der Waals surface area contributed by atoms with E-state index >= 15 is 0 Å². The van der Waals surface area contributed by atoms with Gasteiger partial charge in [0.1, 0.15) is 5.75 Å². The fourth-order valence-electron chi connectivity index (χ4n) is 3.14. The van der Waals surface area contributed by atoms with E-state index in [-0.39, 0.29) is 11.8 Å². The van der Waals surface area contributed by atoms with Crippen molar-refractivity contribution in [3.05, 3.63) is 65.2 Å². The lowest BCUT2D eigenvalue weighted by Crippen LogP contribution is -2.41. The van der Waals surface area contributed by atoms with Crippen LogP contribution in [0.5, 0.6) is 5.75 Å². The minimum absolute atomic E-state index is 0.107. The first-order valence-corrected chi connectivity index (χ1v) is 9.39. The monoisotopic (exact) mass is 331 g/mol. The molecule has 0 spiro atoms. The molecule has 4 nitrogen and oxygen atoms in total. The first-order chi connectivity index (χ1) is 11.1. The molecule has 23 heavy (non-hydrogen) atoms. The van der Waals surface area contributed by atoms with Gasteiger partial charge in [-0.15, -0.1) is 0 Å². The van der Waals surface area contributed by atoms with Gasteiger partial charge in [0.15, 0.2) is 0 Å². The first kappa shape index (κ1) is 16.0. The summed E-state index contributed by atoms with van der Waals surface area (Å²) in [6.45, 7) is 2.20. The topological polar surface area (TPSA) is 46.6 Å². The zero-order valence-corrected chi connectivity index (χ0v) is 14.2. The normalized spacial score (nSPS) is 18.4. The zero-order valence-electron chi connectivity index (χ0n) is 13.4. The molecule has 3 rings (SSSR count). The van der Waals surface area contributed by atoms with E-state index in [0.717, 1.165) is 23.3 Å². The molecule has 1 heterocycles. The minimum Gasteiger partial charge on any atom is -0.497 e. The van der Waals surface area contributed by atoms with Crippen LogP contribution in [0.1, 0.15) is 29.7 Å². The molecule has 1 aliphatic heterocycles. The van der Waals surface area contributed by atoms with Crippen LogP contribution in [0.15, 0.2) is 48.5 Å². The summed E-state index contributed by atoms with van der Waals surface area (Å²) in [5, 5.41) is 0. The summed E-state index contributed by atoms with van der Waals surface area (Å²) in [7, 11) is -1.66. The number of fused-ring (bicyclic) bond motifs is 1. The molecule has 0 aromatic heterocycles. The molecule has 0 N–H and O–H groups in total. The number of sulfonamides is 1. The van der Waals surface area contributed by atoms with Crippen LogP contribution >= 0.6 is 0 Å². The lowest BCUT2D eigenvalue weighted by Gasteiger charge is -2.36. The number of rotatable bonds is 4. The van der Waals surface area contributed by atoms with Crippen LogP contribution in [0.4, 0.5) is 0 Å². The van der Waals surface area contributed by atoms with Gasteiger partial charge in [0.05, 0.1) is 18.9 Å². The van der Waals surface area contributed by atoms with Crippen LogP contribution < -0.4 is 4.74 Å². The van der Waals surface area contributed by atoms with Crippen molar-refractivity contribution in [1.82, 2.24) is 4.31 Å². The third-order valence-electron chi connectivity index (χ3n) is 4.37. The van der Waals surface area contributed by atoms with Gasteiger partial charge in [-0.3, -0.25) is 0 Å². The van der Waals surface area contributed by atoms with Crippen LogP contribution in [0.25, 0.3) is 0 Å². The fourth-order valence-corrected chi connectivity index (χ4v) is 4.40. The van der Waals surface area contributed by atoms with Crippen molar-refractivity contribution in [1.29, 1.82) is 0 Å². The van der Waals surface area contributed by atoms with Gasteiger partial charge in [-0.1, -0.05) is 36.4 Å². The molecule has 1 aliphatic rings. The van der Waals surface area contributed by atoms with E-state index in [1.807, 2.05) is 48.5 Å². The average molecular weight is 331 g/mol. The summed E-state index contributed by atoms with van der Waals surface area (Å²) >= 11 is 0.